The van der Waals surface area contributed by atoms with E-state index in [0.717, 1.165) is 6.29 Å². The van der Waals surface area contributed by atoms with Crippen LogP contribution in [0.15, 0.2) is 0 Å². The number of terminal acetylenes is 1. The highest BCUT2D eigenvalue weighted by Gasteiger charge is 2.48. The molecule has 0 aromatic rings. The number of hydrogen-bond donors (Lipinski definition) is 0. The molecule has 1 aliphatic heterocycles. The predicted octanol–water partition coefficient (Wildman–Crippen LogP) is 0.386. The van der Waals surface area contributed by atoms with E-state index in [1.54, 1.807) is 0 Å². The lowest BCUT2D eigenvalue weighted by Crippen LogP contribution is -2.30. The third-order valence-electron chi connectivity index (χ3n) is 2.94. The highest BCUT2D eigenvalue weighted by molar-refractivity contribution is 5.79. The Bertz CT molecular complexity index is 289. The molecule has 0 spiro atoms. The number of fused-ring (bicyclic) bond motifs is 2. The molecule has 1 saturated carbocycles. The van der Waals surface area contributed by atoms with E-state index in [1.807, 2.05) is 0 Å². The molecule has 0 aromatic heterocycles. The second-order valence-corrected chi connectivity index (χ2v) is 3.63. The zero-order chi connectivity index (χ0) is 9.42. The fraction of sp³-hybridized carbons (Fsp3) is 0.600. The highest BCUT2D eigenvalue weighted by atomic mass is 16.6. The lowest BCUT2D eigenvalue weighted by molar-refractivity contribution is -0.145. The summed E-state index contributed by atoms with van der Waals surface area (Å²) in [6, 6.07) is 0. The molecule has 2 fully saturated rings. The molecule has 68 valence electrons. The van der Waals surface area contributed by atoms with Gasteiger partial charge < -0.3 is 9.53 Å². The quantitative estimate of drug-likeness (QED) is 0.331. The number of rotatable bonds is 1. The molecule has 0 aromatic carbocycles. The predicted molar refractivity (Wildman–Crippen MR) is 44.5 cm³/mol. The molecule has 2 aliphatic rings. The largest absolute Gasteiger partial charge is 0.461 e. The Morgan fingerprint density at radius 3 is 2.92 bits per heavy atom. The van der Waals surface area contributed by atoms with Gasteiger partial charge in [0.2, 0.25) is 0 Å². The van der Waals surface area contributed by atoms with Crippen LogP contribution in [-0.2, 0) is 14.3 Å². The fourth-order valence-electron chi connectivity index (χ4n) is 2.16. The molecule has 0 unspecified atom stereocenters. The van der Waals surface area contributed by atoms with Crippen LogP contribution in [0.5, 0.6) is 0 Å². The molecule has 1 aliphatic carbocycles. The summed E-state index contributed by atoms with van der Waals surface area (Å²) in [6.45, 7) is 0. The monoisotopic (exact) mass is 178 g/mol. The minimum atomic E-state index is -0.250. The first-order chi connectivity index (χ1) is 6.26. The molecule has 3 nitrogen and oxygen atoms in total. The fourth-order valence-corrected chi connectivity index (χ4v) is 2.16. The van der Waals surface area contributed by atoms with Crippen LogP contribution < -0.4 is 0 Å². The van der Waals surface area contributed by atoms with Gasteiger partial charge in [0.15, 0.2) is 0 Å². The van der Waals surface area contributed by atoms with Crippen molar-refractivity contribution < 1.29 is 14.3 Å². The Morgan fingerprint density at radius 2 is 2.31 bits per heavy atom. The van der Waals surface area contributed by atoms with Crippen LogP contribution in [0, 0.1) is 30.1 Å². The van der Waals surface area contributed by atoms with Crippen molar-refractivity contribution in [3.05, 3.63) is 0 Å². The molecular weight excluding hydrogens is 168 g/mol. The second kappa shape index (κ2) is 2.88. The average molecular weight is 178 g/mol. The summed E-state index contributed by atoms with van der Waals surface area (Å²) in [5, 5.41) is 0. The van der Waals surface area contributed by atoms with Crippen molar-refractivity contribution in [3.8, 4) is 12.3 Å². The number of carbonyl (C=O) groups excluding carboxylic acids is 2. The number of ether oxygens (including phenoxy) is 1. The van der Waals surface area contributed by atoms with E-state index >= 15 is 0 Å². The smallest absolute Gasteiger partial charge is 0.310 e. The SMILES string of the molecule is C#C[C@@H]1C[C@H](C=O)[C@@H]2C[C@H]1OC2=O. The number of carbonyl (C=O) groups is 2. The maximum absolute atomic E-state index is 11.2. The van der Waals surface area contributed by atoms with Crippen molar-refractivity contribution >= 4 is 12.3 Å². The van der Waals surface area contributed by atoms with Gasteiger partial charge in [0.25, 0.3) is 0 Å². The van der Waals surface area contributed by atoms with Crippen molar-refractivity contribution in [1.29, 1.82) is 0 Å². The first-order valence-corrected chi connectivity index (χ1v) is 4.38. The van der Waals surface area contributed by atoms with Crippen LogP contribution in [0.25, 0.3) is 0 Å². The summed E-state index contributed by atoms with van der Waals surface area (Å²) in [5.74, 6) is 1.80. The van der Waals surface area contributed by atoms with Gasteiger partial charge in [0.1, 0.15) is 12.4 Å². The molecule has 4 atom stereocenters. The van der Waals surface area contributed by atoms with Crippen LogP contribution in [0.1, 0.15) is 12.8 Å². The zero-order valence-electron chi connectivity index (χ0n) is 7.10. The van der Waals surface area contributed by atoms with Gasteiger partial charge in [0.05, 0.1) is 11.8 Å². The molecule has 1 heterocycles. The number of esters is 1. The van der Waals surface area contributed by atoms with Crippen molar-refractivity contribution in [2.75, 3.05) is 0 Å². The Labute approximate surface area is 76.4 Å². The molecule has 0 radical (unpaired) electrons. The summed E-state index contributed by atoms with van der Waals surface area (Å²) < 4.78 is 5.08. The van der Waals surface area contributed by atoms with E-state index in [-0.39, 0.29) is 29.8 Å². The van der Waals surface area contributed by atoms with Gasteiger partial charge >= 0.3 is 5.97 Å². The Morgan fingerprint density at radius 1 is 1.54 bits per heavy atom. The normalized spacial score (nSPS) is 42.2. The Balaban J connectivity index is 2.24. The zero-order valence-corrected chi connectivity index (χ0v) is 7.10. The average Bonchev–Trinajstić information content (AvgIpc) is 2.46. The molecule has 2 rings (SSSR count). The Kier molecular flexibility index (Phi) is 1.84. The van der Waals surface area contributed by atoms with Gasteiger partial charge in [-0.1, -0.05) is 5.92 Å². The van der Waals surface area contributed by atoms with E-state index in [4.69, 9.17) is 11.2 Å². The lowest BCUT2D eigenvalue weighted by atomic mass is 9.75. The molecule has 3 heteroatoms. The van der Waals surface area contributed by atoms with Gasteiger partial charge in [0, 0.05) is 5.92 Å². The summed E-state index contributed by atoms with van der Waals surface area (Å²) in [5.41, 5.74) is 0. The van der Waals surface area contributed by atoms with Crippen LogP contribution in [-0.4, -0.2) is 18.4 Å². The number of aldehydes is 1. The van der Waals surface area contributed by atoms with Crippen LogP contribution in [0.2, 0.25) is 0 Å². The second-order valence-electron chi connectivity index (χ2n) is 3.63. The van der Waals surface area contributed by atoms with E-state index < -0.39 is 0 Å². The van der Waals surface area contributed by atoms with Crippen LogP contribution in [0.3, 0.4) is 0 Å². The summed E-state index contributed by atoms with van der Waals surface area (Å²) in [4.78, 5) is 21.9. The number of hydrogen-bond acceptors (Lipinski definition) is 3. The van der Waals surface area contributed by atoms with E-state index in [1.165, 1.54) is 0 Å². The van der Waals surface area contributed by atoms with E-state index in [0.29, 0.717) is 12.8 Å². The minimum Gasteiger partial charge on any atom is -0.461 e. The van der Waals surface area contributed by atoms with Crippen molar-refractivity contribution in [3.63, 3.8) is 0 Å². The molecular formula is C10H10O3. The lowest BCUT2D eigenvalue weighted by Gasteiger charge is -2.25. The van der Waals surface area contributed by atoms with Crippen LogP contribution in [0.4, 0.5) is 0 Å². The van der Waals surface area contributed by atoms with Gasteiger partial charge in [-0.3, -0.25) is 4.79 Å². The Hall–Kier alpha value is -1.30. The standard InChI is InChI=1S/C10H10O3/c1-2-6-3-7(5-11)8-4-9(6)13-10(8)12/h1,5-9H,3-4H2/t6-,7-,8+,9-/m1/s1. The summed E-state index contributed by atoms with van der Waals surface area (Å²) in [7, 11) is 0. The van der Waals surface area contributed by atoms with E-state index in [9.17, 15) is 9.59 Å². The van der Waals surface area contributed by atoms with Gasteiger partial charge in [-0.2, -0.15) is 0 Å². The summed E-state index contributed by atoms with van der Waals surface area (Å²) >= 11 is 0. The van der Waals surface area contributed by atoms with Gasteiger partial charge in [-0.25, -0.2) is 0 Å². The van der Waals surface area contributed by atoms with Gasteiger partial charge in [-0.15, -0.1) is 6.42 Å². The van der Waals surface area contributed by atoms with E-state index in [2.05, 4.69) is 5.92 Å². The van der Waals surface area contributed by atoms with Crippen LogP contribution >= 0.6 is 0 Å². The van der Waals surface area contributed by atoms with Crippen molar-refractivity contribution in [1.82, 2.24) is 0 Å². The first kappa shape index (κ1) is 8.31. The summed E-state index contributed by atoms with van der Waals surface area (Å²) in [6.07, 6.45) is 7.20. The molecule has 0 N–H and O–H groups in total. The maximum Gasteiger partial charge on any atom is 0.310 e. The molecule has 2 bridgehead atoms. The maximum atomic E-state index is 11.2. The van der Waals surface area contributed by atoms with Crippen molar-refractivity contribution in [2.45, 2.75) is 18.9 Å². The van der Waals surface area contributed by atoms with Gasteiger partial charge in [-0.05, 0) is 12.8 Å². The molecule has 1 saturated heterocycles. The first-order valence-electron chi connectivity index (χ1n) is 4.38. The third kappa shape index (κ3) is 1.14. The van der Waals surface area contributed by atoms with Crippen molar-refractivity contribution in [2.24, 2.45) is 17.8 Å². The highest BCUT2D eigenvalue weighted by Crippen LogP contribution is 2.40. The molecule has 13 heavy (non-hydrogen) atoms. The molecule has 0 amide bonds. The third-order valence-corrected chi connectivity index (χ3v) is 2.94. The minimum absolute atomic E-state index is 0.0714. The topological polar surface area (TPSA) is 43.4 Å².